The second kappa shape index (κ2) is 9.56. The molecule has 2 aromatic heterocycles. The van der Waals surface area contributed by atoms with Gasteiger partial charge in [-0.05, 0) is 49.1 Å². The molecule has 1 amide bonds. The Balaban J connectivity index is 1.32. The molecule has 0 radical (unpaired) electrons. The van der Waals surface area contributed by atoms with Crippen molar-refractivity contribution in [1.29, 1.82) is 0 Å². The van der Waals surface area contributed by atoms with Gasteiger partial charge in [-0.25, -0.2) is 9.59 Å². The van der Waals surface area contributed by atoms with Crippen LogP contribution in [0.5, 0.6) is 11.5 Å². The average Bonchev–Trinajstić information content (AvgIpc) is 3.49. The first-order valence-electron chi connectivity index (χ1n) is 11.3. The number of nitrogens with one attached hydrogen (secondary N) is 1. The van der Waals surface area contributed by atoms with Crippen LogP contribution in [-0.2, 0) is 28.9 Å². The summed E-state index contributed by atoms with van der Waals surface area (Å²) in [5.74, 6) is -3.40. The van der Waals surface area contributed by atoms with Gasteiger partial charge in [0.1, 0.15) is 0 Å². The highest BCUT2D eigenvalue weighted by molar-refractivity contribution is 5.99. The number of hydrogen-bond acceptors (Lipinski definition) is 8. The molecule has 13 heteroatoms. The zero-order valence-corrected chi connectivity index (χ0v) is 19.1. The van der Waals surface area contributed by atoms with Crippen molar-refractivity contribution in [2.75, 3.05) is 13.3 Å². The van der Waals surface area contributed by atoms with Crippen molar-refractivity contribution in [3.8, 4) is 22.8 Å². The number of esters is 2. The van der Waals surface area contributed by atoms with Crippen molar-refractivity contribution >= 4 is 17.8 Å². The van der Waals surface area contributed by atoms with E-state index < -0.39 is 18.1 Å². The van der Waals surface area contributed by atoms with Crippen LogP contribution in [0.25, 0.3) is 11.3 Å². The molecule has 1 N–H and O–H groups in total. The summed E-state index contributed by atoms with van der Waals surface area (Å²) in [7, 11) is 0. The minimum Gasteiger partial charge on any atom is -0.454 e. The minimum absolute atomic E-state index is 0.0689. The monoisotopic (exact) mass is 516 g/mol. The normalized spacial score (nSPS) is 13.5. The first kappa shape index (κ1) is 24.3. The molecule has 1 aromatic carbocycles. The molecule has 3 heterocycles. The van der Waals surface area contributed by atoms with E-state index in [2.05, 4.69) is 20.1 Å². The van der Waals surface area contributed by atoms with E-state index in [9.17, 15) is 27.6 Å². The van der Waals surface area contributed by atoms with Crippen LogP contribution in [-0.4, -0.2) is 52.1 Å². The van der Waals surface area contributed by atoms with Crippen molar-refractivity contribution in [1.82, 2.24) is 20.1 Å². The van der Waals surface area contributed by atoms with E-state index in [0.717, 1.165) is 5.56 Å². The number of amides is 1. The van der Waals surface area contributed by atoms with Gasteiger partial charge in [-0.1, -0.05) is 0 Å². The van der Waals surface area contributed by atoms with Crippen LogP contribution in [0.4, 0.5) is 13.2 Å². The Morgan fingerprint density at radius 2 is 1.92 bits per heavy atom. The number of carbonyl (C=O) groups is 3. The van der Waals surface area contributed by atoms with Crippen LogP contribution in [0, 0.1) is 0 Å². The van der Waals surface area contributed by atoms with Crippen LogP contribution in [0.2, 0.25) is 0 Å². The van der Waals surface area contributed by atoms with E-state index in [1.165, 1.54) is 4.68 Å². The number of carbonyl (C=O) groups excluding carboxylic acids is 3. The van der Waals surface area contributed by atoms with Crippen LogP contribution >= 0.6 is 0 Å². The second-order valence-corrected chi connectivity index (χ2v) is 8.28. The number of fused-ring (bicyclic) bond motifs is 4. The Kier molecular flexibility index (Phi) is 6.27. The van der Waals surface area contributed by atoms with Gasteiger partial charge < -0.3 is 19.5 Å². The maximum Gasteiger partial charge on any atom is 0.491 e. The Hall–Kier alpha value is -4.42. The fraction of sp³-hybridized carbons (Fsp3) is 0.292. The maximum atomic E-state index is 12.7. The topological polar surface area (TPSA) is 122 Å². The molecule has 1 aliphatic carbocycles. The molecule has 5 rings (SSSR count). The highest BCUT2D eigenvalue weighted by Crippen LogP contribution is 2.35. The van der Waals surface area contributed by atoms with Gasteiger partial charge in [0.25, 0.3) is 5.91 Å². The third-order valence-electron chi connectivity index (χ3n) is 5.93. The number of hydrogen-bond donors (Lipinski definition) is 1. The summed E-state index contributed by atoms with van der Waals surface area (Å²) in [5, 5.41) is 7.18. The molecule has 0 unspecified atom stereocenters. The molecule has 0 fully saturated rings. The summed E-state index contributed by atoms with van der Waals surface area (Å²) in [6.45, 7) is 0.322. The third-order valence-corrected chi connectivity index (χ3v) is 5.93. The quantitative estimate of drug-likeness (QED) is 0.302. The van der Waals surface area contributed by atoms with Gasteiger partial charge in [-0.2, -0.15) is 18.3 Å². The van der Waals surface area contributed by atoms with E-state index >= 15 is 0 Å². The average molecular weight is 516 g/mol. The number of halogens is 3. The molecule has 2 aliphatic rings. The van der Waals surface area contributed by atoms with Gasteiger partial charge in [-0.3, -0.25) is 14.5 Å². The number of benzene rings is 1. The molecular weight excluding hydrogens is 497 g/mol. The predicted octanol–water partition coefficient (Wildman–Crippen LogP) is 2.84. The molecule has 192 valence electrons. The smallest absolute Gasteiger partial charge is 0.454 e. The van der Waals surface area contributed by atoms with E-state index in [1.807, 2.05) is 0 Å². The second-order valence-electron chi connectivity index (χ2n) is 8.28. The lowest BCUT2D eigenvalue weighted by atomic mass is 9.90. The molecule has 0 saturated carbocycles. The highest BCUT2D eigenvalue weighted by Gasteiger charge is 2.43. The SMILES string of the molecule is O=C(NCCCn1nc2c(c1C(=O)OC(=O)C(F)(F)F)CCc1cnccc1-2)c1ccc2c(c1)OCO2. The third kappa shape index (κ3) is 4.84. The van der Waals surface area contributed by atoms with Gasteiger partial charge in [0.15, 0.2) is 17.2 Å². The van der Waals surface area contributed by atoms with Crippen LogP contribution in [0.3, 0.4) is 0 Å². The van der Waals surface area contributed by atoms with E-state index in [0.29, 0.717) is 46.7 Å². The zero-order valence-electron chi connectivity index (χ0n) is 19.1. The number of pyridine rings is 1. The van der Waals surface area contributed by atoms with Crippen LogP contribution < -0.4 is 14.8 Å². The summed E-state index contributed by atoms with van der Waals surface area (Å²) in [5.41, 5.74) is 2.52. The van der Waals surface area contributed by atoms with Gasteiger partial charge in [-0.15, -0.1) is 0 Å². The van der Waals surface area contributed by atoms with Gasteiger partial charge in [0.2, 0.25) is 6.79 Å². The fourth-order valence-electron chi connectivity index (χ4n) is 4.22. The van der Waals surface area contributed by atoms with Crippen molar-refractivity contribution in [3.63, 3.8) is 0 Å². The van der Waals surface area contributed by atoms with E-state index in [4.69, 9.17) is 9.47 Å². The Morgan fingerprint density at radius 3 is 2.73 bits per heavy atom. The summed E-state index contributed by atoms with van der Waals surface area (Å²) < 4.78 is 54.0. The van der Waals surface area contributed by atoms with Gasteiger partial charge in [0, 0.05) is 42.2 Å². The van der Waals surface area contributed by atoms with Crippen molar-refractivity contribution in [2.45, 2.75) is 32.0 Å². The summed E-state index contributed by atoms with van der Waals surface area (Å²) in [6, 6.07) is 6.46. The Morgan fingerprint density at radius 1 is 1.11 bits per heavy atom. The van der Waals surface area contributed by atoms with Crippen molar-refractivity contribution < 1.29 is 41.8 Å². The summed E-state index contributed by atoms with van der Waals surface area (Å²) in [6.07, 6.45) is -1.04. The molecule has 1 aliphatic heterocycles. The first-order valence-corrected chi connectivity index (χ1v) is 11.3. The molecule has 0 atom stereocenters. The number of aryl methyl sites for hydroxylation is 2. The molecule has 0 spiro atoms. The lowest BCUT2D eigenvalue weighted by Crippen LogP contribution is -2.30. The van der Waals surface area contributed by atoms with E-state index in [-0.39, 0.29) is 37.9 Å². The van der Waals surface area contributed by atoms with Gasteiger partial charge in [0.05, 0.1) is 5.69 Å². The maximum absolute atomic E-state index is 12.7. The lowest BCUT2D eigenvalue weighted by Gasteiger charge is -2.15. The summed E-state index contributed by atoms with van der Waals surface area (Å²) >= 11 is 0. The zero-order chi connectivity index (χ0) is 26.2. The number of rotatable bonds is 6. The minimum atomic E-state index is -5.32. The highest BCUT2D eigenvalue weighted by atomic mass is 19.4. The standard InChI is InChI=1S/C24H19F3N4O6/c25-24(26,27)23(34)37-22(33)20-16-4-2-14-11-28-8-6-15(14)19(16)30-31(20)9-1-7-29-21(32)13-3-5-17-18(10-13)36-12-35-17/h3,5-6,8,10-11H,1-2,4,7,9,12H2,(H,29,32). The number of nitrogens with zero attached hydrogens (tertiary/aromatic N) is 3. The molecule has 10 nitrogen and oxygen atoms in total. The fourth-order valence-corrected chi connectivity index (χ4v) is 4.22. The van der Waals surface area contributed by atoms with Crippen molar-refractivity contribution in [2.24, 2.45) is 0 Å². The van der Waals surface area contributed by atoms with Gasteiger partial charge >= 0.3 is 18.1 Å². The first-order chi connectivity index (χ1) is 17.7. The Bertz CT molecular complexity index is 1400. The molecule has 0 bridgehead atoms. The largest absolute Gasteiger partial charge is 0.491 e. The lowest BCUT2D eigenvalue weighted by molar-refractivity contribution is -0.193. The Labute approximate surface area is 207 Å². The predicted molar refractivity (Wildman–Crippen MR) is 119 cm³/mol. The van der Waals surface area contributed by atoms with Crippen LogP contribution in [0.1, 0.15) is 38.4 Å². The van der Waals surface area contributed by atoms with Crippen LogP contribution in [0.15, 0.2) is 36.7 Å². The summed E-state index contributed by atoms with van der Waals surface area (Å²) in [4.78, 5) is 40.6. The number of aromatic nitrogens is 3. The molecule has 0 saturated heterocycles. The van der Waals surface area contributed by atoms with E-state index in [1.54, 1.807) is 36.7 Å². The molecular formula is C24H19F3N4O6. The van der Waals surface area contributed by atoms with Crippen molar-refractivity contribution in [3.05, 3.63) is 59.0 Å². The number of ether oxygens (including phenoxy) is 3. The molecule has 37 heavy (non-hydrogen) atoms. The number of alkyl halides is 3. The molecule has 3 aromatic rings.